The minimum Gasteiger partial charge on any atom is -0.352 e. The third-order valence-electron chi connectivity index (χ3n) is 3.71. The van der Waals surface area contributed by atoms with Crippen molar-refractivity contribution >= 4 is 5.91 Å². The Balaban J connectivity index is 1.83. The van der Waals surface area contributed by atoms with Gasteiger partial charge in [-0.05, 0) is 32.6 Å². The van der Waals surface area contributed by atoms with Gasteiger partial charge in [0, 0.05) is 37.3 Å². The molecular weight excluding hydrogens is 228 g/mol. The van der Waals surface area contributed by atoms with E-state index in [1.807, 2.05) is 20.2 Å². The van der Waals surface area contributed by atoms with Crippen LogP contribution in [0.15, 0.2) is 6.20 Å². The zero-order valence-corrected chi connectivity index (χ0v) is 11.1. The first kappa shape index (κ1) is 13.1. The van der Waals surface area contributed by atoms with Crippen molar-refractivity contribution in [3.8, 4) is 0 Å². The maximum absolute atomic E-state index is 12.0. The molecule has 18 heavy (non-hydrogen) atoms. The number of nitrogens with two attached hydrogens (primary N) is 1. The summed E-state index contributed by atoms with van der Waals surface area (Å²) in [6.07, 6.45) is 5.71. The normalized spacial score (nSPS) is 23.9. The Labute approximate surface area is 108 Å². The second-order valence-corrected chi connectivity index (χ2v) is 5.24. The molecule has 5 heteroatoms. The summed E-state index contributed by atoms with van der Waals surface area (Å²) in [6.45, 7) is 2.53. The number of rotatable bonds is 3. The molecule has 1 heterocycles. The highest BCUT2D eigenvalue weighted by atomic mass is 16.1. The summed E-state index contributed by atoms with van der Waals surface area (Å²) >= 11 is 0. The van der Waals surface area contributed by atoms with Crippen LogP contribution in [-0.4, -0.2) is 21.7 Å². The molecule has 5 nitrogen and oxygen atoms in total. The molecule has 0 spiro atoms. The number of aryl methyl sites for hydroxylation is 2. The van der Waals surface area contributed by atoms with Crippen LogP contribution in [0.5, 0.6) is 0 Å². The lowest BCUT2D eigenvalue weighted by Gasteiger charge is -2.25. The third kappa shape index (κ3) is 3.10. The Bertz CT molecular complexity index is 419. The Morgan fingerprint density at radius 1 is 1.50 bits per heavy atom. The quantitative estimate of drug-likeness (QED) is 0.835. The molecule has 2 rings (SSSR count). The van der Waals surface area contributed by atoms with Crippen LogP contribution < -0.4 is 11.1 Å². The first-order chi connectivity index (χ1) is 8.56. The van der Waals surface area contributed by atoms with Crippen molar-refractivity contribution in [3.63, 3.8) is 0 Å². The highest BCUT2D eigenvalue weighted by Gasteiger charge is 2.24. The van der Waals surface area contributed by atoms with Crippen LogP contribution in [0.3, 0.4) is 0 Å². The summed E-state index contributed by atoms with van der Waals surface area (Å²) in [4.78, 5) is 12.0. The van der Waals surface area contributed by atoms with Gasteiger partial charge in [0.2, 0.25) is 5.91 Å². The van der Waals surface area contributed by atoms with E-state index in [0.29, 0.717) is 6.54 Å². The summed E-state index contributed by atoms with van der Waals surface area (Å²) in [5.41, 5.74) is 7.90. The van der Waals surface area contributed by atoms with E-state index >= 15 is 0 Å². The van der Waals surface area contributed by atoms with Crippen LogP contribution >= 0.6 is 0 Å². The van der Waals surface area contributed by atoms with Crippen molar-refractivity contribution in [2.24, 2.45) is 18.7 Å². The molecule has 1 aromatic heterocycles. The Morgan fingerprint density at radius 2 is 2.17 bits per heavy atom. The van der Waals surface area contributed by atoms with E-state index in [9.17, 15) is 4.79 Å². The molecule has 1 aliphatic carbocycles. The fourth-order valence-corrected chi connectivity index (χ4v) is 2.53. The lowest BCUT2D eigenvalue weighted by molar-refractivity contribution is -0.126. The molecule has 1 amide bonds. The largest absolute Gasteiger partial charge is 0.352 e. The third-order valence-corrected chi connectivity index (χ3v) is 3.71. The number of nitrogens with one attached hydrogen (secondary N) is 1. The molecule has 1 saturated carbocycles. The first-order valence-electron chi connectivity index (χ1n) is 6.58. The summed E-state index contributed by atoms with van der Waals surface area (Å²) in [7, 11) is 1.89. The maximum Gasteiger partial charge on any atom is 0.223 e. The Morgan fingerprint density at radius 3 is 2.72 bits per heavy atom. The fourth-order valence-electron chi connectivity index (χ4n) is 2.53. The van der Waals surface area contributed by atoms with Crippen LogP contribution in [0.4, 0.5) is 0 Å². The molecule has 0 bridgehead atoms. The van der Waals surface area contributed by atoms with Crippen LogP contribution in [0, 0.1) is 12.8 Å². The Hall–Kier alpha value is -1.36. The van der Waals surface area contributed by atoms with Crippen LogP contribution in [0.25, 0.3) is 0 Å². The highest BCUT2D eigenvalue weighted by Crippen LogP contribution is 2.23. The van der Waals surface area contributed by atoms with Crippen molar-refractivity contribution in [2.75, 3.05) is 0 Å². The fraction of sp³-hybridized carbons (Fsp3) is 0.692. The highest BCUT2D eigenvalue weighted by molar-refractivity contribution is 5.78. The minimum atomic E-state index is 0.141. The average Bonchev–Trinajstić information content (AvgIpc) is 2.66. The van der Waals surface area contributed by atoms with E-state index in [4.69, 9.17) is 5.73 Å². The molecule has 1 aliphatic rings. The van der Waals surface area contributed by atoms with Crippen LogP contribution in [0.2, 0.25) is 0 Å². The van der Waals surface area contributed by atoms with E-state index in [2.05, 4.69) is 10.4 Å². The number of carbonyl (C=O) groups is 1. The van der Waals surface area contributed by atoms with E-state index in [1.54, 1.807) is 4.68 Å². The lowest BCUT2D eigenvalue weighted by Crippen LogP contribution is -2.36. The molecule has 0 unspecified atom stereocenters. The average molecular weight is 250 g/mol. The van der Waals surface area contributed by atoms with Crippen molar-refractivity contribution in [1.29, 1.82) is 0 Å². The van der Waals surface area contributed by atoms with Gasteiger partial charge in [-0.3, -0.25) is 9.48 Å². The van der Waals surface area contributed by atoms with E-state index in [1.165, 1.54) is 0 Å². The molecule has 0 aromatic carbocycles. The van der Waals surface area contributed by atoms with E-state index in [0.717, 1.165) is 36.9 Å². The first-order valence-corrected chi connectivity index (χ1v) is 6.58. The lowest BCUT2D eigenvalue weighted by atomic mass is 9.86. The molecule has 1 fully saturated rings. The number of hydrogen-bond acceptors (Lipinski definition) is 3. The zero-order chi connectivity index (χ0) is 13.1. The SMILES string of the molecule is Cc1nn(C)cc1CNC(=O)C1CCC(N)CC1. The van der Waals surface area contributed by atoms with E-state index in [-0.39, 0.29) is 17.9 Å². The summed E-state index contributed by atoms with van der Waals surface area (Å²) in [5, 5.41) is 7.26. The van der Waals surface area contributed by atoms with Gasteiger partial charge < -0.3 is 11.1 Å². The molecule has 3 N–H and O–H groups in total. The van der Waals surface area contributed by atoms with Gasteiger partial charge in [0.25, 0.3) is 0 Å². The van der Waals surface area contributed by atoms with Gasteiger partial charge in [0.1, 0.15) is 0 Å². The molecular formula is C13H22N4O. The predicted octanol–water partition coefficient (Wildman–Crippen LogP) is 0.862. The second-order valence-electron chi connectivity index (χ2n) is 5.24. The van der Waals surface area contributed by atoms with Crippen LogP contribution in [0.1, 0.15) is 36.9 Å². The number of carbonyl (C=O) groups excluding carboxylic acids is 1. The van der Waals surface area contributed by atoms with Gasteiger partial charge >= 0.3 is 0 Å². The van der Waals surface area contributed by atoms with Gasteiger partial charge in [-0.1, -0.05) is 0 Å². The summed E-state index contributed by atoms with van der Waals surface area (Å²) in [6, 6.07) is 0.287. The summed E-state index contributed by atoms with van der Waals surface area (Å²) in [5.74, 6) is 0.298. The van der Waals surface area contributed by atoms with Gasteiger partial charge in [0.15, 0.2) is 0 Å². The van der Waals surface area contributed by atoms with Crippen LogP contribution in [-0.2, 0) is 18.4 Å². The van der Waals surface area contributed by atoms with Crippen molar-refractivity contribution in [1.82, 2.24) is 15.1 Å². The number of aromatic nitrogens is 2. The monoisotopic (exact) mass is 250 g/mol. The van der Waals surface area contributed by atoms with Gasteiger partial charge in [-0.15, -0.1) is 0 Å². The van der Waals surface area contributed by atoms with Crippen molar-refractivity contribution in [2.45, 2.75) is 45.2 Å². The van der Waals surface area contributed by atoms with Gasteiger partial charge in [0.05, 0.1) is 5.69 Å². The molecule has 0 aliphatic heterocycles. The zero-order valence-electron chi connectivity index (χ0n) is 11.1. The maximum atomic E-state index is 12.0. The molecule has 100 valence electrons. The number of nitrogens with zero attached hydrogens (tertiary/aromatic N) is 2. The predicted molar refractivity (Wildman–Crippen MR) is 69.7 cm³/mol. The second kappa shape index (κ2) is 5.52. The number of amides is 1. The Kier molecular flexibility index (Phi) is 4.01. The van der Waals surface area contributed by atoms with Gasteiger partial charge in [-0.25, -0.2) is 0 Å². The number of hydrogen-bond donors (Lipinski definition) is 2. The smallest absolute Gasteiger partial charge is 0.223 e. The van der Waals surface area contributed by atoms with Crippen molar-refractivity contribution in [3.05, 3.63) is 17.5 Å². The topological polar surface area (TPSA) is 72.9 Å². The van der Waals surface area contributed by atoms with E-state index < -0.39 is 0 Å². The molecule has 1 aromatic rings. The van der Waals surface area contributed by atoms with Crippen molar-refractivity contribution < 1.29 is 4.79 Å². The molecule has 0 atom stereocenters. The summed E-state index contributed by atoms with van der Waals surface area (Å²) < 4.78 is 1.77. The molecule has 0 radical (unpaired) electrons. The molecule has 0 saturated heterocycles. The standard InChI is InChI=1S/C13H22N4O/c1-9-11(8-17(2)16-9)7-15-13(18)10-3-5-12(14)6-4-10/h8,10,12H,3-7,14H2,1-2H3,(H,15,18). The van der Waals surface area contributed by atoms with Gasteiger partial charge in [-0.2, -0.15) is 5.10 Å². The minimum absolute atomic E-state index is 0.141.